The Bertz CT molecular complexity index is 953. The van der Waals surface area contributed by atoms with Crippen LogP contribution in [0.2, 0.25) is 0 Å². The quantitative estimate of drug-likeness (QED) is 0.707. The minimum Gasteiger partial charge on any atom is -0.344 e. The molecule has 1 N–H and O–H groups in total. The van der Waals surface area contributed by atoms with Crippen LogP contribution >= 0.6 is 11.3 Å². The molecular weight excluding hydrogens is 352 g/mol. The summed E-state index contributed by atoms with van der Waals surface area (Å²) >= 11 is 1.48. The summed E-state index contributed by atoms with van der Waals surface area (Å²) in [6.45, 7) is 8.28. The lowest BCUT2D eigenvalue weighted by atomic mass is 10.2. The van der Waals surface area contributed by atoms with Gasteiger partial charge in [-0.05, 0) is 13.3 Å². The molecule has 3 aromatic heterocycles. The fraction of sp³-hybridized carbons (Fsp3) is 0.562. The molecule has 0 unspecified atom stereocenters. The lowest BCUT2D eigenvalue weighted by Crippen LogP contribution is -2.46. The molecule has 0 aromatic carbocycles. The fourth-order valence-corrected chi connectivity index (χ4v) is 4.09. The second kappa shape index (κ2) is 7.12. The summed E-state index contributed by atoms with van der Waals surface area (Å²) < 4.78 is 1.42. The number of hydrogen-bond donors (Lipinski definition) is 1. The Morgan fingerprint density at radius 1 is 1.23 bits per heavy atom. The van der Waals surface area contributed by atoms with Crippen LogP contribution in [0.5, 0.6) is 0 Å². The molecule has 0 spiro atoms. The molecule has 0 bridgehead atoms. The van der Waals surface area contributed by atoms with Crippen LogP contribution in [-0.4, -0.2) is 60.9 Å². The fourth-order valence-electron chi connectivity index (χ4n) is 3.12. The Morgan fingerprint density at radius 2 is 2.04 bits per heavy atom. The first kappa shape index (κ1) is 17.1. The van der Waals surface area contributed by atoms with Crippen molar-refractivity contribution in [2.75, 3.05) is 31.1 Å². The second-order valence-electron chi connectivity index (χ2n) is 6.51. The zero-order valence-corrected chi connectivity index (χ0v) is 15.8. The first-order valence-electron chi connectivity index (χ1n) is 8.87. The minimum absolute atomic E-state index is 0.0976. The van der Waals surface area contributed by atoms with Gasteiger partial charge in [0.25, 0.3) is 5.56 Å². The molecule has 138 valence electrons. The Labute approximate surface area is 154 Å². The Morgan fingerprint density at radius 3 is 2.73 bits per heavy atom. The Balaban J connectivity index is 1.45. The van der Waals surface area contributed by atoms with Gasteiger partial charge in [0, 0.05) is 37.9 Å². The molecule has 4 rings (SSSR count). The van der Waals surface area contributed by atoms with E-state index in [-0.39, 0.29) is 5.56 Å². The van der Waals surface area contributed by atoms with Gasteiger partial charge in [-0.25, -0.2) is 9.97 Å². The van der Waals surface area contributed by atoms with E-state index >= 15 is 0 Å². The maximum Gasteiger partial charge on any atom is 0.275 e. The third-order valence-corrected chi connectivity index (χ3v) is 5.41. The number of hydrogen-bond acceptors (Lipinski definition) is 8. The van der Waals surface area contributed by atoms with Gasteiger partial charge < -0.3 is 4.90 Å². The van der Waals surface area contributed by atoms with E-state index in [0.717, 1.165) is 68.0 Å². The third kappa shape index (κ3) is 3.47. The average Bonchev–Trinajstić information content (AvgIpc) is 3.22. The number of anilines is 1. The SMILES string of the molecule is CCCc1cc(=O)n2nc(N3CCN(Cc4n[nH]c(C)n4)CC3)sc2n1. The van der Waals surface area contributed by atoms with Crippen LogP contribution in [0.15, 0.2) is 10.9 Å². The monoisotopic (exact) mass is 374 g/mol. The van der Waals surface area contributed by atoms with E-state index in [0.29, 0.717) is 4.96 Å². The normalized spacial score (nSPS) is 15.8. The van der Waals surface area contributed by atoms with E-state index in [1.54, 1.807) is 6.07 Å². The lowest BCUT2D eigenvalue weighted by Gasteiger charge is -2.33. The number of nitrogens with zero attached hydrogens (tertiary/aromatic N) is 7. The molecule has 1 aliphatic heterocycles. The van der Waals surface area contributed by atoms with Crippen LogP contribution in [0.3, 0.4) is 0 Å². The first-order valence-corrected chi connectivity index (χ1v) is 9.69. The standard InChI is InChI=1S/C16H22N8OS/c1-3-4-12-9-14(25)24-15(18-12)26-16(21-24)23-7-5-22(6-8-23)10-13-17-11(2)19-20-13/h9H,3-8,10H2,1-2H3,(H,17,19,20). The van der Waals surface area contributed by atoms with Gasteiger partial charge in [-0.15, -0.1) is 5.10 Å². The van der Waals surface area contributed by atoms with E-state index in [4.69, 9.17) is 0 Å². The first-order chi connectivity index (χ1) is 12.6. The molecule has 1 aliphatic rings. The average molecular weight is 374 g/mol. The van der Waals surface area contributed by atoms with Crippen LogP contribution in [0.4, 0.5) is 5.13 Å². The largest absolute Gasteiger partial charge is 0.344 e. The van der Waals surface area contributed by atoms with Gasteiger partial charge in [-0.1, -0.05) is 24.7 Å². The van der Waals surface area contributed by atoms with E-state index in [1.165, 1.54) is 15.9 Å². The molecule has 0 radical (unpaired) electrons. The van der Waals surface area contributed by atoms with Crippen molar-refractivity contribution in [1.82, 2.24) is 34.7 Å². The van der Waals surface area contributed by atoms with Crippen LogP contribution in [0, 0.1) is 6.92 Å². The molecule has 0 amide bonds. The summed E-state index contributed by atoms with van der Waals surface area (Å²) in [5.74, 6) is 1.67. The van der Waals surface area contributed by atoms with Gasteiger partial charge in [0.05, 0.1) is 6.54 Å². The van der Waals surface area contributed by atoms with Crippen molar-refractivity contribution in [3.8, 4) is 0 Å². The molecule has 0 aliphatic carbocycles. The third-order valence-electron chi connectivity index (χ3n) is 4.44. The van der Waals surface area contributed by atoms with Gasteiger partial charge in [-0.3, -0.25) is 14.8 Å². The highest BCUT2D eigenvalue weighted by Crippen LogP contribution is 2.23. The van der Waals surface area contributed by atoms with Crippen LogP contribution < -0.4 is 10.5 Å². The molecular formula is C16H22N8OS. The van der Waals surface area contributed by atoms with Crippen molar-refractivity contribution >= 4 is 21.4 Å². The summed E-state index contributed by atoms with van der Waals surface area (Å²) in [6, 6.07) is 1.59. The van der Waals surface area contributed by atoms with E-state index in [1.807, 2.05) is 6.92 Å². The van der Waals surface area contributed by atoms with Crippen LogP contribution in [0.25, 0.3) is 4.96 Å². The van der Waals surface area contributed by atoms with E-state index < -0.39 is 0 Å². The summed E-state index contributed by atoms with van der Waals surface area (Å²) in [6.07, 6.45) is 1.79. The molecule has 26 heavy (non-hydrogen) atoms. The Kier molecular flexibility index (Phi) is 4.68. The molecule has 1 fully saturated rings. The van der Waals surface area contributed by atoms with Crippen LogP contribution in [0.1, 0.15) is 30.7 Å². The zero-order chi connectivity index (χ0) is 18.1. The van der Waals surface area contributed by atoms with Crippen molar-refractivity contribution in [1.29, 1.82) is 0 Å². The van der Waals surface area contributed by atoms with Crippen LogP contribution in [-0.2, 0) is 13.0 Å². The Hall–Kier alpha value is -2.33. The minimum atomic E-state index is -0.0976. The predicted octanol–water partition coefficient (Wildman–Crippen LogP) is 0.852. The smallest absolute Gasteiger partial charge is 0.275 e. The number of aromatic nitrogens is 6. The highest BCUT2D eigenvalue weighted by atomic mass is 32.1. The number of nitrogens with one attached hydrogen (secondary N) is 1. The van der Waals surface area contributed by atoms with Gasteiger partial charge in [0.1, 0.15) is 5.82 Å². The molecule has 0 saturated carbocycles. The topological polar surface area (TPSA) is 95.3 Å². The number of piperazine rings is 1. The zero-order valence-electron chi connectivity index (χ0n) is 15.0. The van der Waals surface area contributed by atoms with Gasteiger partial charge in [-0.2, -0.15) is 9.61 Å². The van der Waals surface area contributed by atoms with Crippen molar-refractivity contribution in [3.63, 3.8) is 0 Å². The summed E-state index contributed by atoms with van der Waals surface area (Å²) in [5, 5.41) is 12.4. The number of H-pyrrole nitrogens is 1. The van der Waals surface area contributed by atoms with E-state index in [2.05, 4.69) is 42.0 Å². The summed E-state index contributed by atoms with van der Waals surface area (Å²) in [5.41, 5.74) is 0.749. The maximum atomic E-state index is 12.3. The molecule has 1 saturated heterocycles. The molecule has 10 heteroatoms. The van der Waals surface area contributed by atoms with Gasteiger partial charge >= 0.3 is 0 Å². The molecule has 9 nitrogen and oxygen atoms in total. The molecule has 4 heterocycles. The second-order valence-corrected chi connectivity index (χ2v) is 7.45. The number of aromatic amines is 1. The maximum absolute atomic E-state index is 12.3. The highest BCUT2D eigenvalue weighted by Gasteiger charge is 2.21. The highest BCUT2D eigenvalue weighted by molar-refractivity contribution is 7.20. The molecule has 3 aromatic rings. The molecule has 0 atom stereocenters. The van der Waals surface area contributed by atoms with Crippen molar-refractivity contribution in [3.05, 3.63) is 33.8 Å². The van der Waals surface area contributed by atoms with Crippen molar-refractivity contribution < 1.29 is 0 Å². The summed E-state index contributed by atoms with van der Waals surface area (Å²) in [7, 11) is 0. The van der Waals surface area contributed by atoms with Crippen molar-refractivity contribution in [2.24, 2.45) is 0 Å². The summed E-state index contributed by atoms with van der Waals surface area (Å²) in [4.78, 5) is 26.4. The number of aryl methyl sites for hydroxylation is 2. The van der Waals surface area contributed by atoms with Crippen molar-refractivity contribution in [2.45, 2.75) is 33.2 Å². The van der Waals surface area contributed by atoms with Gasteiger partial charge in [0.2, 0.25) is 10.1 Å². The van der Waals surface area contributed by atoms with E-state index in [9.17, 15) is 4.79 Å². The number of fused-ring (bicyclic) bond motifs is 1. The predicted molar refractivity (Wildman–Crippen MR) is 99.7 cm³/mol. The lowest BCUT2D eigenvalue weighted by molar-refractivity contribution is 0.244. The van der Waals surface area contributed by atoms with Gasteiger partial charge in [0.15, 0.2) is 5.82 Å². The number of rotatable bonds is 5.